The normalized spacial score (nSPS) is 25.4. The van der Waals surface area contributed by atoms with Crippen LogP contribution in [0, 0.1) is 11.8 Å². The van der Waals surface area contributed by atoms with E-state index in [2.05, 4.69) is 38.1 Å². The van der Waals surface area contributed by atoms with Gasteiger partial charge in [0.2, 0.25) is 0 Å². The quantitative estimate of drug-likeness (QED) is 0.632. The van der Waals surface area contributed by atoms with E-state index in [4.69, 9.17) is 11.6 Å². The predicted molar refractivity (Wildman–Crippen MR) is 75.5 cm³/mol. The summed E-state index contributed by atoms with van der Waals surface area (Å²) < 4.78 is 0. The Labute approximate surface area is 110 Å². The Morgan fingerprint density at radius 2 is 2.12 bits per heavy atom. The number of rotatable bonds is 4. The first-order chi connectivity index (χ1) is 8.22. The van der Waals surface area contributed by atoms with Gasteiger partial charge in [-0.3, -0.25) is 0 Å². The molecule has 1 heteroatoms. The minimum absolute atomic E-state index is 0.235. The zero-order valence-electron chi connectivity index (χ0n) is 11.0. The van der Waals surface area contributed by atoms with Crippen molar-refractivity contribution in [2.45, 2.75) is 51.3 Å². The molecule has 0 saturated carbocycles. The minimum Gasteiger partial charge on any atom is -0.118 e. The fourth-order valence-electron chi connectivity index (χ4n) is 3.14. The van der Waals surface area contributed by atoms with E-state index in [9.17, 15) is 0 Å². The number of aryl methyl sites for hydroxylation is 1. The zero-order chi connectivity index (χ0) is 12.3. The van der Waals surface area contributed by atoms with E-state index in [1.54, 1.807) is 0 Å². The van der Waals surface area contributed by atoms with E-state index in [1.807, 2.05) is 0 Å². The molecule has 0 N–H and O–H groups in total. The Morgan fingerprint density at radius 3 is 2.88 bits per heavy atom. The van der Waals surface area contributed by atoms with E-state index < -0.39 is 0 Å². The first kappa shape index (κ1) is 13.0. The van der Waals surface area contributed by atoms with Crippen LogP contribution in [-0.2, 0) is 6.42 Å². The SMILES string of the molecule is CCCC(C)CC1CCc2ccccc2C1Cl. The minimum atomic E-state index is 0.235. The maximum absolute atomic E-state index is 6.66. The van der Waals surface area contributed by atoms with Crippen molar-refractivity contribution in [1.29, 1.82) is 0 Å². The molecular weight excluding hydrogens is 228 g/mol. The monoisotopic (exact) mass is 250 g/mol. The second kappa shape index (κ2) is 5.91. The summed E-state index contributed by atoms with van der Waals surface area (Å²) in [6.07, 6.45) is 6.39. The van der Waals surface area contributed by atoms with Crippen LogP contribution < -0.4 is 0 Å². The predicted octanol–water partition coefficient (Wildman–Crippen LogP) is 5.36. The van der Waals surface area contributed by atoms with Gasteiger partial charge in [-0.1, -0.05) is 51.0 Å². The van der Waals surface area contributed by atoms with Crippen molar-refractivity contribution < 1.29 is 0 Å². The summed E-state index contributed by atoms with van der Waals surface area (Å²) in [4.78, 5) is 0. The van der Waals surface area contributed by atoms with Gasteiger partial charge in [0, 0.05) is 0 Å². The maximum atomic E-state index is 6.66. The molecule has 0 bridgehead atoms. The lowest BCUT2D eigenvalue weighted by atomic mass is 9.78. The Hall–Kier alpha value is -0.490. The number of halogens is 1. The maximum Gasteiger partial charge on any atom is 0.0616 e. The van der Waals surface area contributed by atoms with Crippen LogP contribution in [0.4, 0.5) is 0 Å². The van der Waals surface area contributed by atoms with Gasteiger partial charge in [-0.05, 0) is 42.2 Å². The molecular formula is C16H23Cl. The summed E-state index contributed by atoms with van der Waals surface area (Å²) in [5, 5.41) is 0.235. The van der Waals surface area contributed by atoms with Crippen LogP contribution in [0.1, 0.15) is 56.0 Å². The molecule has 1 aliphatic carbocycles. The van der Waals surface area contributed by atoms with Crippen molar-refractivity contribution in [3.05, 3.63) is 35.4 Å². The van der Waals surface area contributed by atoms with E-state index in [0.29, 0.717) is 5.92 Å². The molecule has 0 spiro atoms. The highest BCUT2D eigenvalue weighted by atomic mass is 35.5. The fourth-order valence-corrected chi connectivity index (χ4v) is 3.58. The summed E-state index contributed by atoms with van der Waals surface area (Å²) in [7, 11) is 0. The summed E-state index contributed by atoms with van der Waals surface area (Å²) >= 11 is 6.66. The lowest BCUT2D eigenvalue weighted by Crippen LogP contribution is -2.19. The summed E-state index contributed by atoms with van der Waals surface area (Å²) in [6.45, 7) is 4.64. The molecule has 0 fully saturated rings. The van der Waals surface area contributed by atoms with Crippen molar-refractivity contribution in [3.8, 4) is 0 Å². The van der Waals surface area contributed by atoms with E-state index >= 15 is 0 Å². The van der Waals surface area contributed by atoms with Crippen molar-refractivity contribution in [2.24, 2.45) is 11.8 Å². The van der Waals surface area contributed by atoms with Gasteiger partial charge in [0.15, 0.2) is 0 Å². The van der Waals surface area contributed by atoms with Gasteiger partial charge in [-0.2, -0.15) is 0 Å². The molecule has 0 heterocycles. The van der Waals surface area contributed by atoms with Crippen LogP contribution >= 0.6 is 11.6 Å². The number of benzene rings is 1. The molecule has 1 aliphatic rings. The summed E-state index contributed by atoms with van der Waals surface area (Å²) in [6, 6.07) is 8.69. The first-order valence-corrected chi connectivity index (χ1v) is 7.38. The molecule has 0 amide bonds. The number of alkyl halides is 1. The van der Waals surface area contributed by atoms with Gasteiger partial charge >= 0.3 is 0 Å². The van der Waals surface area contributed by atoms with Crippen molar-refractivity contribution in [1.82, 2.24) is 0 Å². The highest BCUT2D eigenvalue weighted by Crippen LogP contribution is 2.42. The second-order valence-corrected chi connectivity index (χ2v) is 6.00. The average molecular weight is 251 g/mol. The number of fused-ring (bicyclic) bond motifs is 1. The van der Waals surface area contributed by atoms with Crippen LogP contribution in [0.3, 0.4) is 0 Å². The third-order valence-electron chi connectivity index (χ3n) is 4.04. The Bertz CT molecular complexity index is 358. The lowest BCUT2D eigenvalue weighted by molar-refractivity contribution is 0.333. The highest BCUT2D eigenvalue weighted by Gasteiger charge is 2.28. The Morgan fingerprint density at radius 1 is 1.35 bits per heavy atom. The fraction of sp³-hybridized carbons (Fsp3) is 0.625. The molecule has 0 nitrogen and oxygen atoms in total. The van der Waals surface area contributed by atoms with E-state index in [0.717, 1.165) is 5.92 Å². The molecule has 0 aromatic heterocycles. The van der Waals surface area contributed by atoms with Crippen LogP contribution in [0.2, 0.25) is 0 Å². The lowest BCUT2D eigenvalue weighted by Gasteiger charge is -2.31. The number of hydrogen-bond acceptors (Lipinski definition) is 0. The van der Waals surface area contributed by atoms with Gasteiger partial charge < -0.3 is 0 Å². The van der Waals surface area contributed by atoms with Crippen LogP contribution in [0.25, 0.3) is 0 Å². The third kappa shape index (κ3) is 3.04. The zero-order valence-corrected chi connectivity index (χ0v) is 11.7. The largest absolute Gasteiger partial charge is 0.118 e. The third-order valence-corrected chi connectivity index (χ3v) is 4.63. The van der Waals surface area contributed by atoms with E-state index in [-0.39, 0.29) is 5.38 Å². The van der Waals surface area contributed by atoms with Gasteiger partial charge in [0.05, 0.1) is 5.38 Å². The molecule has 0 aliphatic heterocycles. The molecule has 94 valence electrons. The number of hydrogen-bond donors (Lipinski definition) is 0. The van der Waals surface area contributed by atoms with E-state index in [1.165, 1.54) is 43.2 Å². The molecule has 1 aromatic carbocycles. The molecule has 3 atom stereocenters. The Balaban J connectivity index is 2.04. The molecule has 17 heavy (non-hydrogen) atoms. The van der Waals surface area contributed by atoms with Gasteiger partial charge in [-0.15, -0.1) is 11.6 Å². The first-order valence-electron chi connectivity index (χ1n) is 6.94. The molecule has 3 unspecified atom stereocenters. The van der Waals surface area contributed by atoms with Crippen LogP contribution in [0.5, 0.6) is 0 Å². The van der Waals surface area contributed by atoms with Gasteiger partial charge in [0.1, 0.15) is 0 Å². The smallest absolute Gasteiger partial charge is 0.0616 e. The Kier molecular flexibility index (Phi) is 4.50. The summed E-state index contributed by atoms with van der Waals surface area (Å²) in [5.41, 5.74) is 2.85. The topological polar surface area (TPSA) is 0 Å². The van der Waals surface area contributed by atoms with Crippen molar-refractivity contribution in [2.75, 3.05) is 0 Å². The summed E-state index contributed by atoms with van der Waals surface area (Å²) in [5.74, 6) is 1.49. The standard InChI is InChI=1S/C16H23Cl/c1-3-6-12(2)11-14-10-9-13-7-4-5-8-15(13)16(14)17/h4-5,7-8,12,14,16H,3,6,9-11H2,1-2H3. The molecule has 1 aromatic rings. The van der Waals surface area contributed by atoms with Crippen LogP contribution in [-0.4, -0.2) is 0 Å². The van der Waals surface area contributed by atoms with Gasteiger partial charge in [-0.25, -0.2) is 0 Å². The molecule has 0 radical (unpaired) electrons. The van der Waals surface area contributed by atoms with Crippen molar-refractivity contribution in [3.63, 3.8) is 0 Å². The van der Waals surface area contributed by atoms with Crippen molar-refractivity contribution >= 4 is 11.6 Å². The average Bonchev–Trinajstić information content (AvgIpc) is 2.33. The molecule has 2 rings (SSSR count). The molecule has 0 saturated heterocycles. The van der Waals surface area contributed by atoms with Gasteiger partial charge in [0.25, 0.3) is 0 Å². The second-order valence-electron chi connectivity index (χ2n) is 5.53. The van der Waals surface area contributed by atoms with Crippen LogP contribution in [0.15, 0.2) is 24.3 Å². The highest BCUT2D eigenvalue weighted by molar-refractivity contribution is 6.21.